The number of nitrogens with zero attached hydrogens (tertiary/aromatic N) is 2. The molecule has 3 rings (SSSR count). The Hall–Kier alpha value is -1.87. The molecule has 2 aromatic rings. The normalized spacial score (nSPS) is 15.0. The van der Waals surface area contributed by atoms with Crippen molar-refractivity contribution in [3.05, 3.63) is 58.6 Å². The molecule has 1 aliphatic carbocycles. The second kappa shape index (κ2) is 6.93. The van der Waals surface area contributed by atoms with Crippen LogP contribution in [0.1, 0.15) is 36.8 Å². The molecule has 0 unspecified atom stereocenters. The molecule has 0 fully saturated rings. The van der Waals surface area contributed by atoms with Crippen LogP contribution < -0.4 is 4.74 Å². The molecule has 1 aliphatic rings. The number of aromatic nitrogens is 2. The first-order chi connectivity index (χ1) is 10.7. The van der Waals surface area contributed by atoms with E-state index in [1.54, 1.807) is 12.4 Å². The summed E-state index contributed by atoms with van der Waals surface area (Å²) in [7, 11) is 0. The van der Waals surface area contributed by atoms with Gasteiger partial charge in [-0.15, -0.1) is 0 Å². The highest BCUT2D eigenvalue weighted by Gasteiger charge is 2.17. The van der Waals surface area contributed by atoms with Gasteiger partial charge in [0.1, 0.15) is 17.5 Å². The largest absolute Gasteiger partial charge is 0.488 e. The fourth-order valence-electron chi connectivity index (χ4n) is 2.84. The molecule has 114 valence electrons. The van der Waals surface area contributed by atoms with Gasteiger partial charge in [-0.05, 0) is 61.4 Å². The molecule has 0 saturated heterocycles. The summed E-state index contributed by atoms with van der Waals surface area (Å²) in [6.45, 7) is 2.60. The van der Waals surface area contributed by atoms with Gasteiger partial charge in [-0.2, -0.15) is 0 Å². The first-order valence-electron chi connectivity index (χ1n) is 7.60. The van der Waals surface area contributed by atoms with Gasteiger partial charge in [0.25, 0.3) is 0 Å². The summed E-state index contributed by atoms with van der Waals surface area (Å²) in [6, 6.07) is 5.99. The van der Waals surface area contributed by atoms with Crippen molar-refractivity contribution in [2.75, 3.05) is 6.61 Å². The highest BCUT2D eigenvalue weighted by atomic mass is 35.5. The van der Waals surface area contributed by atoms with Crippen LogP contribution in [0.2, 0.25) is 5.15 Å². The summed E-state index contributed by atoms with van der Waals surface area (Å²) >= 11 is 6.26. The number of hydrogen-bond donors (Lipinski definition) is 0. The molecule has 0 amide bonds. The molecule has 0 aromatic carbocycles. The van der Waals surface area contributed by atoms with E-state index < -0.39 is 0 Å². The van der Waals surface area contributed by atoms with Crippen LogP contribution in [-0.2, 0) is 0 Å². The number of halogens is 1. The van der Waals surface area contributed by atoms with Crippen LogP contribution in [0.3, 0.4) is 0 Å². The van der Waals surface area contributed by atoms with Gasteiger partial charge >= 0.3 is 0 Å². The smallest absolute Gasteiger partial charge is 0.138 e. The first-order valence-corrected chi connectivity index (χ1v) is 7.98. The Morgan fingerprint density at radius 2 is 2.09 bits per heavy atom. The fraction of sp³-hybridized carbons (Fsp3) is 0.333. The molecule has 3 nitrogen and oxygen atoms in total. The number of rotatable bonds is 4. The number of aryl methyl sites for hydroxylation is 1. The lowest BCUT2D eigenvalue weighted by Gasteiger charge is -2.21. The van der Waals surface area contributed by atoms with Gasteiger partial charge in [0.2, 0.25) is 0 Å². The molecule has 2 heterocycles. The van der Waals surface area contributed by atoms with Crippen LogP contribution in [-0.4, -0.2) is 16.6 Å². The van der Waals surface area contributed by atoms with Crippen LogP contribution >= 0.6 is 11.6 Å². The SMILES string of the molecule is Cc1cncc(OCC2=C(c3cccnc3Cl)CCCC2)c1. The Morgan fingerprint density at radius 1 is 1.23 bits per heavy atom. The molecule has 0 N–H and O–H groups in total. The lowest BCUT2D eigenvalue weighted by Crippen LogP contribution is -2.09. The van der Waals surface area contributed by atoms with Gasteiger partial charge < -0.3 is 4.74 Å². The molecule has 0 atom stereocenters. The van der Waals surface area contributed by atoms with Gasteiger partial charge in [0.05, 0.1) is 6.20 Å². The fourth-order valence-corrected chi connectivity index (χ4v) is 3.07. The monoisotopic (exact) mass is 314 g/mol. The van der Waals surface area contributed by atoms with Gasteiger partial charge in [0.15, 0.2) is 0 Å². The van der Waals surface area contributed by atoms with Crippen molar-refractivity contribution in [1.82, 2.24) is 9.97 Å². The molecule has 0 aliphatic heterocycles. The van der Waals surface area contributed by atoms with E-state index in [1.165, 1.54) is 24.0 Å². The second-order valence-electron chi connectivity index (χ2n) is 5.62. The maximum absolute atomic E-state index is 6.26. The Labute approximate surface area is 136 Å². The van der Waals surface area contributed by atoms with E-state index in [0.29, 0.717) is 11.8 Å². The topological polar surface area (TPSA) is 35.0 Å². The molecule has 0 bridgehead atoms. The standard InChI is InChI=1S/C18H19ClN2O/c1-13-9-15(11-20-10-13)22-12-14-5-2-3-6-16(14)17-7-4-8-21-18(17)19/h4,7-11H,2-3,5-6,12H2,1H3. The highest BCUT2D eigenvalue weighted by Crippen LogP contribution is 2.35. The third-order valence-corrected chi connectivity index (χ3v) is 4.23. The zero-order valence-electron chi connectivity index (χ0n) is 12.7. The third kappa shape index (κ3) is 3.47. The summed E-state index contributed by atoms with van der Waals surface area (Å²) in [5, 5.41) is 0.578. The minimum Gasteiger partial charge on any atom is -0.488 e. The molecule has 4 heteroatoms. The minimum absolute atomic E-state index is 0.578. The molecule has 2 aromatic heterocycles. The van der Waals surface area contributed by atoms with E-state index in [1.807, 2.05) is 31.3 Å². The van der Waals surface area contributed by atoms with Crippen LogP contribution in [0.5, 0.6) is 5.75 Å². The zero-order chi connectivity index (χ0) is 15.4. The predicted molar refractivity (Wildman–Crippen MR) is 89.1 cm³/mol. The summed E-state index contributed by atoms with van der Waals surface area (Å²) in [4.78, 5) is 8.37. The Balaban J connectivity index is 1.84. The van der Waals surface area contributed by atoms with Gasteiger partial charge in [-0.25, -0.2) is 4.98 Å². The first kappa shape index (κ1) is 15.0. The zero-order valence-corrected chi connectivity index (χ0v) is 13.4. The quantitative estimate of drug-likeness (QED) is 0.757. The van der Waals surface area contributed by atoms with E-state index in [2.05, 4.69) is 9.97 Å². The Morgan fingerprint density at radius 3 is 2.91 bits per heavy atom. The maximum atomic E-state index is 6.26. The molecule has 0 spiro atoms. The van der Waals surface area contributed by atoms with Gasteiger partial charge in [-0.3, -0.25) is 4.98 Å². The van der Waals surface area contributed by atoms with Gasteiger partial charge in [-0.1, -0.05) is 17.7 Å². The predicted octanol–water partition coefficient (Wildman–Crippen LogP) is 4.85. The van der Waals surface area contributed by atoms with Crippen molar-refractivity contribution >= 4 is 17.2 Å². The minimum atomic E-state index is 0.578. The van der Waals surface area contributed by atoms with Crippen LogP contribution in [0.15, 0.2) is 42.4 Å². The van der Waals surface area contributed by atoms with E-state index in [9.17, 15) is 0 Å². The average Bonchev–Trinajstić information content (AvgIpc) is 2.54. The molecule has 0 saturated carbocycles. The molecular weight excluding hydrogens is 296 g/mol. The van der Waals surface area contributed by atoms with Crippen molar-refractivity contribution in [2.45, 2.75) is 32.6 Å². The van der Waals surface area contributed by atoms with Crippen molar-refractivity contribution in [1.29, 1.82) is 0 Å². The summed E-state index contributed by atoms with van der Waals surface area (Å²) in [5.74, 6) is 0.815. The number of hydrogen-bond acceptors (Lipinski definition) is 3. The van der Waals surface area contributed by atoms with Crippen LogP contribution in [0.4, 0.5) is 0 Å². The van der Waals surface area contributed by atoms with Crippen molar-refractivity contribution in [3.63, 3.8) is 0 Å². The van der Waals surface area contributed by atoms with E-state index >= 15 is 0 Å². The number of ether oxygens (including phenoxy) is 1. The molecule has 0 radical (unpaired) electrons. The number of allylic oxidation sites excluding steroid dienone is 1. The summed E-state index contributed by atoms with van der Waals surface area (Å²) < 4.78 is 5.93. The molecule has 22 heavy (non-hydrogen) atoms. The van der Waals surface area contributed by atoms with E-state index in [4.69, 9.17) is 16.3 Å². The lowest BCUT2D eigenvalue weighted by atomic mass is 9.88. The number of pyridine rings is 2. The van der Waals surface area contributed by atoms with Crippen molar-refractivity contribution in [2.24, 2.45) is 0 Å². The van der Waals surface area contributed by atoms with Crippen molar-refractivity contribution < 1.29 is 4.74 Å². The second-order valence-corrected chi connectivity index (χ2v) is 5.98. The average molecular weight is 315 g/mol. The summed E-state index contributed by atoms with van der Waals surface area (Å²) in [5.41, 5.74) is 4.77. The Bertz CT molecular complexity index is 697. The van der Waals surface area contributed by atoms with Crippen molar-refractivity contribution in [3.8, 4) is 5.75 Å². The van der Waals surface area contributed by atoms with Crippen LogP contribution in [0.25, 0.3) is 5.57 Å². The maximum Gasteiger partial charge on any atom is 0.138 e. The Kier molecular flexibility index (Phi) is 4.74. The molecular formula is C18H19ClN2O. The van der Waals surface area contributed by atoms with E-state index in [0.717, 1.165) is 29.7 Å². The van der Waals surface area contributed by atoms with Crippen LogP contribution in [0, 0.1) is 6.92 Å². The van der Waals surface area contributed by atoms with E-state index in [-0.39, 0.29) is 0 Å². The third-order valence-electron chi connectivity index (χ3n) is 3.93. The lowest BCUT2D eigenvalue weighted by molar-refractivity contribution is 0.343. The summed E-state index contributed by atoms with van der Waals surface area (Å²) in [6.07, 6.45) is 9.79. The highest BCUT2D eigenvalue weighted by molar-refractivity contribution is 6.31. The van der Waals surface area contributed by atoms with Gasteiger partial charge in [0, 0.05) is 18.0 Å².